The van der Waals surface area contributed by atoms with Gasteiger partial charge >= 0.3 is 0 Å². The van der Waals surface area contributed by atoms with Crippen molar-refractivity contribution in [1.82, 2.24) is 4.57 Å². The molecule has 1 N–H and O–H groups in total. The summed E-state index contributed by atoms with van der Waals surface area (Å²) in [6.45, 7) is 8.16. The molecule has 0 aliphatic carbocycles. The van der Waals surface area contributed by atoms with Gasteiger partial charge in [0.15, 0.2) is 0 Å². The van der Waals surface area contributed by atoms with Gasteiger partial charge in [0.1, 0.15) is 17.4 Å². The SMILES string of the molecule is COc1ccc(NC(=O)C(C#N)=Cc2cc(C)n(-c3cc(C)cc(C)c3)c2C)cc1. The maximum atomic E-state index is 12.6. The fourth-order valence-corrected chi connectivity index (χ4v) is 3.59. The summed E-state index contributed by atoms with van der Waals surface area (Å²) >= 11 is 0. The molecule has 1 amide bonds. The van der Waals surface area contributed by atoms with Gasteiger partial charge in [-0.1, -0.05) is 6.07 Å². The Morgan fingerprint density at radius 3 is 2.23 bits per heavy atom. The molecule has 3 aromatic rings. The molecule has 2 aromatic carbocycles. The van der Waals surface area contributed by atoms with Crippen LogP contribution in [0, 0.1) is 39.0 Å². The van der Waals surface area contributed by atoms with Crippen LogP contribution in [-0.4, -0.2) is 17.6 Å². The Morgan fingerprint density at radius 2 is 1.67 bits per heavy atom. The van der Waals surface area contributed by atoms with Gasteiger partial charge in [-0.25, -0.2) is 0 Å². The van der Waals surface area contributed by atoms with Crippen molar-refractivity contribution < 1.29 is 9.53 Å². The third-order valence-electron chi connectivity index (χ3n) is 4.95. The van der Waals surface area contributed by atoms with Crippen LogP contribution in [0.5, 0.6) is 5.75 Å². The van der Waals surface area contributed by atoms with Gasteiger partial charge in [0.05, 0.1) is 7.11 Å². The molecule has 30 heavy (non-hydrogen) atoms. The predicted octanol–water partition coefficient (Wildman–Crippen LogP) is 5.27. The minimum absolute atomic E-state index is 0.0477. The fraction of sp³-hybridized carbons (Fsp3) is 0.200. The number of carbonyl (C=O) groups is 1. The van der Waals surface area contributed by atoms with Gasteiger partial charge in [-0.2, -0.15) is 5.26 Å². The van der Waals surface area contributed by atoms with Crippen LogP contribution in [0.4, 0.5) is 5.69 Å². The Balaban J connectivity index is 1.92. The van der Waals surface area contributed by atoms with E-state index in [9.17, 15) is 10.1 Å². The molecule has 0 saturated carbocycles. The number of anilines is 1. The number of carbonyl (C=O) groups excluding carboxylic acids is 1. The van der Waals surface area contributed by atoms with E-state index >= 15 is 0 Å². The lowest BCUT2D eigenvalue weighted by Crippen LogP contribution is -2.13. The number of ether oxygens (including phenoxy) is 1. The first kappa shape index (κ1) is 20.9. The Hall–Kier alpha value is -3.78. The average Bonchev–Trinajstić information content (AvgIpc) is 2.98. The number of nitrogens with zero attached hydrogens (tertiary/aromatic N) is 2. The van der Waals surface area contributed by atoms with Crippen molar-refractivity contribution in [2.75, 3.05) is 12.4 Å². The van der Waals surface area contributed by atoms with E-state index in [1.807, 2.05) is 26.0 Å². The van der Waals surface area contributed by atoms with Crippen LogP contribution in [0.1, 0.15) is 28.1 Å². The highest BCUT2D eigenvalue weighted by Crippen LogP contribution is 2.25. The van der Waals surface area contributed by atoms with E-state index < -0.39 is 5.91 Å². The van der Waals surface area contributed by atoms with Gasteiger partial charge in [-0.3, -0.25) is 4.79 Å². The summed E-state index contributed by atoms with van der Waals surface area (Å²) < 4.78 is 7.26. The van der Waals surface area contributed by atoms with Crippen LogP contribution in [-0.2, 0) is 4.79 Å². The van der Waals surface area contributed by atoms with Crippen LogP contribution in [0.3, 0.4) is 0 Å². The maximum Gasteiger partial charge on any atom is 0.266 e. The van der Waals surface area contributed by atoms with Crippen LogP contribution < -0.4 is 10.1 Å². The van der Waals surface area contributed by atoms with Gasteiger partial charge < -0.3 is 14.6 Å². The van der Waals surface area contributed by atoms with Gasteiger partial charge in [0.2, 0.25) is 0 Å². The zero-order chi connectivity index (χ0) is 21.8. The van der Waals surface area contributed by atoms with Crippen molar-refractivity contribution in [2.24, 2.45) is 0 Å². The number of benzene rings is 2. The molecule has 0 bridgehead atoms. The van der Waals surface area contributed by atoms with E-state index in [0.717, 1.165) is 22.6 Å². The fourth-order valence-electron chi connectivity index (χ4n) is 3.59. The Morgan fingerprint density at radius 1 is 1.03 bits per heavy atom. The second-order valence-electron chi connectivity index (χ2n) is 7.36. The van der Waals surface area contributed by atoms with E-state index in [4.69, 9.17) is 4.74 Å². The minimum atomic E-state index is -0.445. The Bertz CT molecular complexity index is 1140. The zero-order valence-electron chi connectivity index (χ0n) is 17.9. The molecule has 152 valence electrons. The van der Waals surface area contributed by atoms with Crippen molar-refractivity contribution in [3.05, 3.63) is 82.2 Å². The number of hydrogen-bond donors (Lipinski definition) is 1. The average molecular weight is 399 g/mol. The third kappa shape index (κ3) is 4.44. The molecule has 1 aromatic heterocycles. The molecule has 0 fully saturated rings. The highest BCUT2D eigenvalue weighted by atomic mass is 16.5. The second-order valence-corrected chi connectivity index (χ2v) is 7.36. The van der Waals surface area contributed by atoms with E-state index in [1.165, 1.54) is 11.1 Å². The number of rotatable bonds is 5. The predicted molar refractivity (Wildman–Crippen MR) is 120 cm³/mol. The summed E-state index contributed by atoms with van der Waals surface area (Å²) in [5.74, 6) is 0.252. The van der Waals surface area contributed by atoms with Gasteiger partial charge in [-0.05, 0) is 92.9 Å². The molecular formula is C25H25N3O2. The topological polar surface area (TPSA) is 67.0 Å². The lowest BCUT2D eigenvalue weighted by Gasteiger charge is -2.12. The monoisotopic (exact) mass is 399 g/mol. The lowest BCUT2D eigenvalue weighted by molar-refractivity contribution is -0.112. The lowest BCUT2D eigenvalue weighted by atomic mass is 10.1. The summed E-state index contributed by atoms with van der Waals surface area (Å²) in [6.07, 6.45) is 1.64. The van der Waals surface area contributed by atoms with Crippen molar-refractivity contribution in [3.8, 4) is 17.5 Å². The minimum Gasteiger partial charge on any atom is -0.497 e. The van der Waals surface area contributed by atoms with Gasteiger partial charge in [0, 0.05) is 22.8 Å². The highest BCUT2D eigenvalue weighted by Gasteiger charge is 2.14. The molecule has 0 saturated heterocycles. The summed E-state index contributed by atoms with van der Waals surface area (Å²) in [6, 6.07) is 17.4. The molecule has 0 radical (unpaired) electrons. The second kappa shape index (κ2) is 8.71. The van der Waals surface area contributed by atoms with Gasteiger partial charge in [0.25, 0.3) is 5.91 Å². The largest absolute Gasteiger partial charge is 0.497 e. The molecule has 0 atom stereocenters. The molecule has 1 heterocycles. The number of hydrogen-bond acceptors (Lipinski definition) is 3. The first-order valence-electron chi connectivity index (χ1n) is 9.67. The molecule has 5 heteroatoms. The number of nitrogens with one attached hydrogen (secondary N) is 1. The van der Waals surface area contributed by atoms with Crippen LogP contribution in [0.25, 0.3) is 11.8 Å². The summed E-state index contributed by atoms with van der Waals surface area (Å²) in [5, 5.41) is 12.3. The van der Waals surface area contributed by atoms with Crippen molar-refractivity contribution >= 4 is 17.7 Å². The van der Waals surface area contributed by atoms with Crippen LogP contribution >= 0.6 is 0 Å². The summed E-state index contributed by atoms with van der Waals surface area (Å²) in [4.78, 5) is 12.6. The van der Waals surface area contributed by atoms with E-state index in [0.29, 0.717) is 11.4 Å². The van der Waals surface area contributed by atoms with Crippen molar-refractivity contribution in [1.29, 1.82) is 5.26 Å². The van der Waals surface area contributed by atoms with Crippen molar-refractivity contribution in [2.45, 2.75) is 27.7 Å². The number of methoxy groups -OCH3 is 1. The third-order valence-corrected chi connectivity index (χ3v) is 4.95. The number of amides is 1. The molecule has 0 aliphatic heterocycles. The van der Waals surface area contributed by atoms with E-state index in [-0.39, 0.29) is 5.57 Å². The normalized spacial score (nSPS) is 11.1. The van der Waals surface area contributed by atoms with Crippen LogP contribution in [0.15, 0.2) is 54.1 Å². The first-order chi connectivity index (χ1) is 14.3. The first-order valence-corrected chi connectivity index (χ1v) is 9.67. The molecular weight excluding hydrogens is 374 g/mol. The van der Waals surface area contributed by atoms with Crippen molar-refractivity contribution in [3.63, 3.8) is 0 Å². The number of aryl methyl sites for hydroxylation is 3. The number of nitriles is 1. The molecule has 5 nitrogen and oxygen atoms in total. The highest BCUT2D eigenvalue weighted by molar-refractivity contribution is 6.09. The summed E-state index contributed by atoms with van der Waals surface area (Å²) in [5.41, 5.74) is 6.95. The van der Waals surface area contributed by atoms with E-state index in [1.54, 1.807) is 37.5 Å². The molecule has 0 spiro atoms. The Kier molecular flexibility index (Phi) is 6.08. The van der Waals surface area contributed by atoms with E-state index in [2.05, 4.69) is 41.9 Å². The molecule has 3 rings (SSSR count). The molecule has 0 unspecified atom stereocenters. The summed E-state index contributed by atoms with van der Waals surface area (Å²) in [7, 11) is 1.58. The quantitative estimate of drug-likeness (QED) is 0.470. The standard InChI is InChI=1S/C25H25N3O2/c1-16-10-17(2)12-23(11-16)28-18(3)13-20(19(28)4)14-21(15-26)25(29)27-22-6-8-24(30-5)9-7-22/h6-14H,1-5H3,(H,27,29). The maximum absolute atomic E-state index is 12.6. The number of aromatic nitrogens is 1. The smallest absolute Gasteiger partial charge is 0.266 e. The van der Waals surface area contributed by atoms with Gasteiger partial charge in [-0.15, -0.1) is 0 Å². The zero-order valence-corrected chi connectivity index (χ0v) is 17.9. The van der Waals surface area contributed by atoms with Crippen LogP contribution in [0.2, 0.25) is 0 Å². The Labute approximate surface area is 177 Å². The molecule has 0 aliphatic rings.